The summed E-state index contributed by atoms with van der Waals surface area (Å²) in [5.74, 6) is 0. The molecule has 0 radical (unpaired) electrons. The molecule has 1 aromatic carbocycles. The van der Waals surface area contributed by atoms with Gasteiger partial charge in [-0.05, 0) is 38.3 Å². The Morgan fingerprint density at radius 1 is 1.31 bits per heavy atom. The van der Waals surface area contributed by atoms with Crippen LogP contribution in [0.25, 0.3) is 0 Å². The highest BCUT2D eigenvalue weighted by atomic mass is 32.2. The zero-order valence-corrected chi connectivity index (χ0v) is 16.0. The number of para-hydroxylation sites is 1. The molecule has 0 spiro atoms. The SMILES string of the molecule is C=C/C(=C\C)S(=O)(=O)N1CCC(N2C(=O)OCc3cccc(C)c32)CC1. The smallest absolute Gasteiger partial charge is 0.414 e. The molecule has 3 rings (SSSR count). The van der Waals surface area contributed by atoms with Crippen molar-refractivity contribution in [1.29, 1.82) is 0 Å². The van der Waals surface area contributed by atoms with Crippen molar-refractivity contribution in [2.45, 2.75) is 39.3 Å². The van der Waals surface area contributed by atoms with Crippen molar-refractivity contribution in [3.63, 3.8) is 0 Å². The van der Waals surface area contributed by atoms with Crippen molar-refractivity contribution in [3.05, 3.63) is 53.0 Å². The topological polar surface area (TPSA) is 66.9 Å². The van der Waals surface area contributed by atoms with Gasteiger partial charge < -0.3 is 4.74 Å². The molecule has 26 heavy (non-hydrogen) atoms. The van der Waals surface area contributed by atoms with E-state index in [0.29, 0.717) is 25.9 Å². The van der Waals surface area contributed by atoms with Gasteiger partial charge in [-0.2, -0.15) is 4.31 Å². The minimum absolute atomic E-state index is 0.0770. The van der Waals surface area contributed by atoms with Crippen LogP contribution in [0.4, 0.5) is 10.5 Å². The Labute approximate surface area is 154 Å². The summed E-state index contributed by atoms with van der Waals surface area (Å²) in [5, 5.41) is 0. The van der Waals surface area contributed by atoms with E-state index in [1.54, 1.807) is 17.9 Å². The van der Waals surface area contributed by atoms with Crippen LogP contribution >= 0.6 is 0 Å². The molecule has 2 aliphatic rings. The molecule has 0 N–H and O–H groups in total. The third kappa shape index (κ3) is 3.17. The maximum atomic E-state index is 12.6. The molecule has 1 aromatic rings. The number of benzene rings is 1. The third-order valence-electron chi connectivity index (χ3n) is 5.02. The molecule has 2 aliphatic heterocycles. The molecular weight excluding hydrogens is 352 g/mol. The second-order valence-corrected chi connectivity index (χ2v) is 8.48. The molecule has 6 nitrogen and oxygen atoms in total. The predicted octanol–water partition coefficient (Wildman–Crippen LogP) is 3.34. The fourth-order valence-electron chi connectivity index (χ4n) is 3.67. The van der Waals surface area contributed by atoms with Crippen molar-refractivity contribution >= 4 is 21.8 Å². The third-order valence-corrected chi connectivity index (χ3v) is 7.07. The number of hydrogen-bond donors (Lipinski definition) is 0. The van der Waals surface area contributed by atoms with Crippen LogP contribution < -0.4 is 4.90 Å². The van der Waals surface area contributed by atoms with Gasteiger partial charge in [0.1, 0.15) is 6.61 Å². The normalized spacial score (nSPS) is 19.8. The molecule has 0 atom stereocenters. The number of hydrogen-bond acceptors (Lipinski definition) is 4. The number of carbonyl (C=O) groups is 1. The van der Waals surface area contributed by atoms with Crippen molar-refractivity contribution in [2.75, 3.05) is 18.0 Å². The van der Waals surface area contributed by atoms with Crippen molar-refractivity contribution in [3.8, 4) is 0 Å². The van der Waals surface area contributed by atoms with E-state index in [0.717, 1.165) is 16.8 Å². The molecule has 0 aromatic heterocycles. The fourth-order valence-corrected chi connectivity index (χ4v) is 5.17. The van der Waals surface area contributed by atoms with Crippen LogP contribution in [0.3, 0.4) is 0 Å². The standard InChI is InChI=1S/C19H24N2O4S/c1-4-17(5-2)26(23,24)20-11-9-16(10-12-20)21-18-14(3)7-6-8-15(18)13-25-19(21)22/h4-8,16H,1,9-13H2,2-3H3/b17-5+. The van der Waals surface area contributed by atoms with Crippen molar-refractivity contribution in [2.24, 2.45) is 0 Å². The van der Waals surface area contributed by atoms with Gasteiger partial charge in [-0.1, -0.05) is 30.9 Å². The van der Waals surface area contributed by atoms with Crippen LogP contribution in [0.5, 0.6) is 0 Å². The van der Waals surface area contributed by atoms with Gasteiger partial charge in [0.25, 0.3) is 0 Å². The largest absolute Gasteiger partial charge is 0.444 e. The van der Waals surface area contributed by atoms with Gasteiger partial charge in [-0.25, -0.2) is 13.2 Å². The number of amides is 1. The van der Waals surface area contributed by atoms with Crippen LogP contribution in [-0.4, -0.2) is 37.9 Å². The predicted molar refractivity (Wildman–Crippen MR) is 101 cm³/mol. The van der Waals surface area contributed by atoms with Crippen LogP contribution in [0.2, 0.25) is 0 Å². The number of rotatable bonds is 4. The van der Waals surface area contributed by atoms with E-state index in [1.807, 2.05) is 25.1 Å². The summed E-state index contributed by atoms with van der Waals surface area (Å²) in [5.41, 5.74) is 2.92. The van der Waals surface area contributed by atoms with Gasteiger partial charge in [0, 0.05) is 24.7 Å². The number of piperidine rings is 1. The van der Waals surface area contributed by atoms with E-state index in [1.165, 1.54) is 10.4 Å². The van der Waals surface area contributed by atoms with E-state index < -0.39 is 10.0 Å². The highest BCUT2D eigenvalue weighted by Gasteiger charge is 2.37. The summed E-state index contributed by atoms with van der Waals surface area (Å²) < 4.78 is 32.0. The van der Waals surface area contributed by atoms with E-state index >= 15 is 0 Å². The summed E-state index contributed by atoms with van der Waals surface area (Å²) in [6, 6.07) is 5.82. The van der Waals surface area contributed by atoms with Crippen LogP contribution in [-0.2, 0) is 21.4 Å². The monoisotopic (exact) mass is 376 g/mol. The maximum Gasteiger partial charge on any atom is 0.414 e. The van der Waals surface area contributed by atoms with Crippen molar-refractivity contribution in [1.82, 2.24) is 4.31 Å². The molecule has 7 heteroatoms. The first-order valence-electron chi connectivity index (χ1n) is 8.73. The van der Waals surface area contributed by atoms with E-state index in [-0.39, 0.29) is 23.6 Å². The van der Waals surface area contributed by atoms with E-state index in [9.17, 15) is 13.2 Å². The maximum absolute atomic E-state index is 12.6. The first-order valence-corrected chi connectivity index (χ1v) is 10.2. The lowest BCUT2D eigenvalue weighted by Crippen LogP contribution is -2.50. The minimum Gasteiger partial charge on any atom is -0.444 e. The van der Waals surface area contributed by atoms with Crippen LogP contribution in [0, 0.1) is 6.92 Å². The summed E-state index contributed by atoms with van der Waals surface area (Å²) in [6.07, 6.45) is 3.69. The van der Waals surface area contributed by atoms with Gasteiger partial charge in [0.05, 0.1) is 10.6 Å². The summed E-state index contributed by atoms with van der Waals surface area (Å²) >= 11 is 0. The zero-order chi connectivity index (χ0) is 18.9. The Balaban J connectivity index is 1.81. The van der Waals surface area contributed by atoms with Gasteiger partial charge >= 0.3 is 6.09 Å². The highest BCUT2D eigenvalue weighted by molar-refractivity contribution is 7.93. The number of aryl methyl sites for hydroxylation is 1. The highest BCUT2D eigenvalue weighted by Crippen LogP contribution is 2.35. The molecular formula is C19H24N2O4S. The number of anilines is 1. The molecule has 1 amide bonds. The van der Waals surface area contributed by atoms with E-state index in [4.69, 9.17) is 4.74 Å². The fraction of sp³-hybridized carbons (Fsp3) is 0.421. The van der Waals surface area contributed by atoms with E-state index in [2.05, 4.69) is 6.58 Å². The number of fused-ring (bicyclic) bond motifs is 1. The van der Waals surface area contributed by atoms with Crippen LogP contribution in [0.15, 0.2) is 41.8 Å². The Morgan fingerprint density at radius 2 is 2.00 bits per heavy atom. The number of carbonyl (C=O) groups excluding carboxylic acids is 1. The Bertz CT molecular complexity index is 852. The average Bonchev–Trinajstić information content (AvgIpc) is 2.63. The first kappa shape index (κ1) is 18.7. The summed E-state index contributed by atoms with van der Waals surface area (Å²) in [7, 11) is -3.52. The number of nitrogens with zero attached hydrogens (tertiary/aromatic N) is 2. The minimum atomic E-state index is -3.52. The number of ether oxygens (including phenoxy) is 1. The summed E-state index contributed by atoms with van der Waals surface area (Å²) in [6.45, 7) is 8.26. The lowest BCUT2D eigenvalue weighted by Gasteiger charge is -2.40. The lowest BCUT2D eigenvalue weighted by atomic mass is 10.00. The molecule has 0 saturated carbocycles. The average molecular weight is 376 g/mol. The lowest BCUT2D eigenvalue weighted by molar-refractivity contribution is 0.135. The van der Waals surface area contributed by atoms with Gasteiger partial charge in [0.15, 0.2) is 0 Å². The zero-order valence-electron chi connectivity index (χ0n) is 15.1. The summed E-state index contributed by atoms with van der Waals surface area (Å²) in [4.78, 5) is 14.4. The molecule has 0 bridgehead atoms. The second-order valence-electron chi connectivity index (χ2n) is 6.54. The molecule has 1 fully saturated rings. The quantitative estimate of drug-likeness (QED) is 0.756. The van der Waals surface area contributed by atoms with Gasteiger partial charge in [-0.3, -0.25) is 4.90 Å². The Morgan fingerprint density at radius 3 is 2.62 bits per heavy atom. The molecule has 140 valence electrons. The molecule has 2 heterocycles. The van der Waals surface area contributed by atoms with Gasteiger partial charge in [0.2, 0.25) is 10.0 Å². The molecule has 0 unspecified atom stereocenters. The van der Waals surface area contributed by atoms with Crippen molar-refractivity contribution < 1.29 is 17.9 Å². The van der Waals surface area contributed by atoms with Gasteiger partial charge in [-0.15, -0.1) is 0 Å². The Kier molecular flexibility index (Phi) is 5.20. The molecule has 1 saturated heterocycles. The van der Waals surface area contributed by atoms with Crippen LogP contribution in [0.1, 0.15) is 30.9 Å². The number of allylic oxidation sites excluding steroid dienone is 2. The molecule has 0 aliphatic carbocycles. The first-order chi connectivity index (χ1) is 12.4. The number of sulfonamides is 1. The Hall–Kier alpha value is -2.12. The second kappa shape index (κ2) is 7.25. The number of cyclic esters (lactones) is 1.